The fraction of sp³-hybridized carbons (Fsp3) is 0.278. The summed E-state index contributed by atoms with van der Waals surface area (Å²) in [4.78, 5) is 26.8. The molecule has 0 saturated heterocycles. The van der Waals surface area contributed by atoms with Gasteiger partial charge in [0.15, 0.2) is 0 Å². The van der Waals surface area contributed by atoms with Crippen molar-refractivity contribution in [2.24, 2.45) is 0 Å². The average Bonchev–Trinajstić information content (AvgIpc) is 2.59. The quantitative estimate of drug-likeness (QED) is 0.778. The molecule has 24 heavy (non-hydrogen) atoms. The molecule has 0 aliphatic rings. The SMILES string of the molecule is CC(CCC(=O)O)NC(=O)c1cccc(OCc2cccnc2)c1. The van der Waals surface area contributed by atoms with E-state index in [-0.39, 0.29) is 18.4 Å². The number of amides is 1. The van der Waals surface area contributed by atoms with Crippen LogP contribution in [0.4, 0.5) is 0 Å². The molecule has 1 heterocycles. The Kier molecular flexibility index (Phi) is 6.31. The van der Waals surface area contributed by atoms with Gasteiger partial charge in [-0.05, 0) is 37.6 Å². The highest BCUT2D eigenvalue weighted by atomic mass is 16.5. The minimum Gasteiger partial charge on any atom is -0.489 e. The number of nitrogens with zero attached hydrogens (tertiary/aromatic N) is 1. The first kappa shape index (κ1) is 17.5. The molecule has 1 atom stereocenters. The van der Waals surface area contributed by atoms with Crippen molar-refractivity contribution in [1.29, 1.82) is 0 Å². The van der Waals surface area contributed by atoms with Gasteiger partial charge in [0.05, 0.1) is 0 Å². The second-order valence-electron chi connectivity index (χ2n) is 5.48. The van der Waals surface area contributed by atoms with E-state index in [4.69, 9.17) is 9.84 Å². The van der Waals surface area contributed by atoms with Gasteiger partial charge in [-0.25, -0.2) is 0 Å². The number of ether oxygens (including phenoxy) is 1. The molecular formula is C18H20N2O4. The molecule has 0 bridgehead atoms. The number of carboxylic acid groups (broad SMARTS) is 1. The van der Waals surface area contributed by atoms with Crippen molar-refractivity contribution in [3.8, 4) is 5.75 Å². The fourth-order valence-corrected chi connectivity index (χ4v) is 2.10. The predicted molar refractivity (Wildman–Crippen MR) is 88.8 cm³/mol. The number of pyridine rings is 1. The van der Waals surface area contributed by atoms with Gasteiger partial charge in [-0.15, -0.1) is 0 Å². The topological polar surface area (TPSA) is 88.5 Å². The van der Waals surface area contributed by atoms with E-state index in [1.54, 1.807) is 43.6 Å². The molecule has 0 spiro atoms. The van der Waals surface area contributed by atoms with Gasteiger partial charge in [0.25, 0.3) is 5.91 Å². The Bertz CT molecular complexity index is 688. The number of aromatic nitrogens is 1. The zero-order valence-electron chi connectivity index (χ0n) is 13.4. The Labute approximate surface area is 140 Å². The summed E-state index contributed by atoms with van der Waals surface area (Å²) < 4.78 is 5.67. The van der Waals surface area contributed by atoms with Crippen molar-refractivity contribution < 1.29 is 19.4 Å². The summed E-state index contributed by atoms with van der Waals surface area (Å²) in [6, 6.07) is 10.4. The number of benzene rings is 1. The first-order valence-electron chi connectivity index (χ1n) is 7.69. The Hall–Kier alpha value is -2.89. The highest BCUT2D eigenvalue weighted by molar-refractivity contribution is 5.94. The maximum absolute atomic E-state index is 12.2. The Morgan fingerprint density at radius 1 is 1.29 bits per heavy atom. The van der Waals surface area contributed by atoms with Crippen LogP contribution in [0.1, 0.15) is 35.7 Å². The van der Waals surface area contributed by atoms with Gasteiger partial charge in [0.2, 0.25) is 0 Å². The normalized spacial score (nSPS) is 11.5. The van der Waals surface area contributed by atoms with E-state index in [0.717, 1.165) is 5.56 Å². The standard InChI is InChI=1S/C18H20N2O4/c1-13(7-8-17(21)22)20-18(23)15-5-2-6-16(10-15)24-12-14-4-3-9-19-11-14/h2-6,9-11,13H,7-8,12H2,1H3,(H,20,23)(H,21,22). The van der Waals surface area contributed by atoms with Gasteiger partial charge in [-0.2, -0.15) is 0 Å². The highest BCUT2D eigenvalue weighted by Crippen LogP contribution is 2.15. The lowest BCUT2D eigenvalue weighted by molar-refractivity contribution is -0.137. The summed E-state index contributed by atoms with van der Waals surface area (Å²) in [6.07, 6.45) is 3.83. The second kappa shape index (κ2) is 8.67. The molecule has 6 heteroatoms. The van der Waals surface area contributed by atoms with Gasteiger partial charge >= 0.3 is 5.97 Å². The molecule has 2 N–H and O–H groups in total. The molecule has 1 amide bonds. The van der Waals surface area contributed by atoms with E-state index in [9.17, 15) is 9.59 Å². The van der Waals surface area contributed by atoms with Crippen LogP contribution in [0.15, 0.2) is 48.8 Å². The summed E-state index contributed by atoms with van der Waals surface area (Å²) in [5.74, 6) is -0.536. The Morgan fingerprint density at radius 2 is 2.12 bits per heavy atom. The molecule has 2 rings (SSSR count). The number of nitrogens with one attached hydrogen (secondary N) is 1. The Balaban J connectivity index is 1.91. The van der Waals surface area contributed by atoms with Crippen molar-refractivity contribution >= 4 is 11.9 Å². The van der Waals surface area contributed by atoms with Crippen LogP contribution in [0, 0.1) is 0 Å². The first-order chi connectivity index (χ1) is 11.5. The van der Waals surface area contributed by atoms with Crippen molar-refractivity contribution in [3.05, 3.63) is 59.9 Å². The first-order valence-corrected chi connectivity index (χ1v) is 7.69. The number of carboxylic acids is 1. The highest BCUT2D eigenvalue weighted by Gasteiger charge is 2.12. The molecule has 1 unspecified atom stereocenters. The van der Waals surface area contributed by atoms with Gasteiger partial charge in [0.1, 0.15) is 12.4 Å². The number of aliphatic carboxylic acids is 1. The van der Waals surface area contributed by atoms with E-state index in [0.29, 0.717) is 24.3 Å². The summed E-state index contributed by atoms with van der Waals surface area (Å²) in [6.45, 7) is 2.15. The van der Waals surface area contributed by atoms with E-state index in [2.05, 4.69) is 10.3 Å². The molecule has 2 aromatic rings. The van der Waals surface area contributed by atoms with Crippen LogP contribution in [0.5, 0.6) is 5.75 Å². The molecule has 1 aromatic heterocycles. The number of hydrogen-bond acceptors (Lipinski definition) is 4. The van der Waals surface area contributed by atoms with Gasteiger partial charge in [0, 0.05) is 36.0 Å². The van der Waals surface area contributed by atoms with Crippen molar-refractivity contribution in [2.45, 2.75) is 32.4 Å². The molecule has 0 fully saturated rings. The van der Waals surface area contributed by atoms with Crippen molar-refractivity contribution in [3.63, 3.8) is 0 Å². The monoisotopic (exact) mass is 328 g/mol. The van der Waals surface area contributed by atoms with Crippen LogP contribution in [0.3, 0.4) is 0 Å². The van der Waals surface area contributed by atoms with Crippen LogP contribution < -0.4 is 10.1 Å². The van der Waals surface area contributed by atoms with Crippen LogP contribution >= 0.6 is 0 Å². The summed E-state index contributed by atoms with van der Waals surface area (Å²) in [5, 5.41) is 11.5. The molecular weight excluding hydrogens is 308 g/mol. The number of carbonyl (C=O) groups excluding carboxylic acids is 1. The lowest BCUT2D eigenvalue weighted by atomic mass is 10.1. The van der Waals surface area contributed by atoms with Gasteiger partial charge < -0.3 is 15.2 Å². The smallest absolute Gasteiger partial charge is 0.303 e. The predicted octanol–water partition coefficient (Wildman–Crippen LogP) is 2.64. The number of carbonyl (C=O) groups is 2. The van der Waals surface area contributed by atoms with E-state index in [1.807, 2.05) is 12.1 Å². The molecule has 0 radical (unpaired) electrons. The molecule has 6 nitrogen and oxygen atoms in total. The van der Waals surface area contributed by atoms with Crippen LogP contribution in [-0.2, 0) is 11.4 Å². The van der Waals surface area contributed by atoms with Crippen LogP contribution in [-0.4, -0.2) is 28.0 Å². The number of hydrogen-bond donors (Lipinski definition) is 2. The molecule has 126 valence electrons. The van der Waals surface area contributed by atoms with Crippen molar-refractivity contribution in [2.75, 3.05) is 0 Å². The maximum Gasteiger partial charge on any atom is 0.303 e. The molecule has 1 aromatic carbocycles. The summed E-state index contributed by atoms with van der Waals surface area (Å²) >= 11 is 0. The van der Waals surface area contributed by atoms with Crippen LogP contribution in [0.2, 0.25) is 0 Å². The fourth-order valence-electron chi connectivity index (χ4n) is 2.10. The molecule has 0 aliphatic carbocycles. The van der Waals surface area contributed by atoms with E-state index >= 15 is 0 Å². The van der Waals surface area contributed by atoms with E-state index < -0.39 is 5.97 Å². The molecule has 0 aliphatic heterocycles. The van der Waals surface area contributed by atoms with Gasteiger partial charge in [-0.3, -0.25) is 14.6 Å². The minimum atomic E-state index is -0.873. The van der Waals surface area contributed by atoms with Crippen LogP contribution in [0.25, 0.3) is 0 Å². The summed E-state index contributed by atoms with van der Waals surface area (Å²) in [5.41, 5.74) is 1.41. The van der Waals surface area contributed by atoms with Gasteiger partial charge in [-0.1, -0.05) is 12.1 Å². The lowest BCUT2D eigenvalue weighted by Crippen LogP contribution is -2.32. The van der Waals surface area contributed by atoms with E-state index in [1.165, 1.54) is 0 Å². The van der Waals surface area contributed by atoms with Crippen molar-refractivity contribution in [1.82, 2.24) is 10.3 Å². The third kappa shape index (κ3) is 5.72. The molecule has 0 saturated carbocycles. The number of rotatable bonds is 8. The lowest BCUT2D eigenvalue weighted by Gasteiger charge is -2.13. The third-order valence-corrected chi connectivity index (χ3v) is 3.39. The summed E-state index contributed by atoms with van der Waals surface area (Å²) in [7, 11) is 0. The third-order valence-electron chi connectivity index (χ3n) is 3.39. The maximum atomic E-state index is 12.2. The largest absolute Gasteiger partial charge is 0.489 e. The second-order valence-corrected chi connectivity index (χ2v) is 5.48. The zero-order valence-corrected chi connectivity index (χ0v) is 13.4. The Morgan fingerprint density at radius 3 is 2.83 bits per heavy atom. The zero-order chi connectivity index (χ0) is 17.4. The minimum absolute atomic E-state index is 0.0235. The average molecular weight is 328 g/mol.